The number of hydrogen-bond acceptors (Lipinski definition) is 2. The largest absolute Gasteiger partial charge is 0.310 e. The van der Waals surface area contributed by atoms with Crippen LogP contribution in [-0.2, 0) is 0 Å². The molecule has 14 aromatic carbocycles. The molecule has 14 aromatic rings. The molecular weight excluding hydrogens is 977 g/mol. The molecule has 0 spiro atoms. The zero-order valence-electron chi connectivity index (χ0n) is 45.0. The number of nitrogens with zero attached hydrogens (tertiary/aromatic N) is 2. The maximum Gasteiger partial charge on any atom is 0.0468 e. The van der Waals surface area contributed by atoms with Crippen LogP contribution in [0.15, 0.2) is 316 Å². The van der Waals surface area contributed by atoms with Gasteiger partial charge in [-0.25, -0.2) is 0 Å². The van der Waals surface area contributed by atoms with Crippen molar-refractivity contribution in [1.29, 1.82) is 0 Å². The van der Waals surface area contributed by atoms with E-state index < -0.39 is 0 Å². The summed E-state index contributed by atoms with van der Waals surface area (Å²) in [5, 5.41) is 14.2. The summed E-state index contributed by atoms with van der Waals surface area (Å²) in [6.07, 6.45) is 8.21. The summed E-state index contributed by atoms with van der Waals surface area (Å²) in [4.78, 5) is 4.86. The van der Waals surface area contributed by atoms with Crippen LogP contribution < -0.4 is 9.80 Å². The van der Waals surface area contributed by atoms with Gasteiger partial charge in [-0.15, -0.1) is 0 Å². The first kappa shape index (κ1) is 48.8. The van der Waals surface area contributed by atoms with E-state index in [4.69, 9.17) is 0 Å². The summed E-state index contributed by atoms with van der Waals surface area (Å²) in [6.45, 7) is 6.51. The summed E-state index contributed by atoms with van der Waals surface area (Å²) in [6, 6.07) is 105. The molecule has 0 atom stereocenters. The van der Waals surface area contributed by atoms with Crippen molar-refractivity contribution in [2.45, 2.75) is 6.92 Å². The third-order valence-corrected chi connectivity index (χ3v) is 16.0. The summed E-state index contributed by atoms with van der Waals surface area (Å²) in [5.41, 5.74) is 15.5. The number of hydrogen-bond donors (Lipinski definition) is 0. The molecule has 0 bridgehead atoms. The number of benzene rings is 14. The van der Waals surface area contributed by atoms with Crippen molar-refractivity contribution in [3.8, 4) is 33.4 Å². The van der Waals surface area contributed by atoms with E-state index in [0.29, 0.717) is 0 Å². The first-order valence-corrected chi connectivity index (χ1v) is 27.9. The smallest absolute Gasteiger partial charge is 0.0468 e. The van der Waals surface area contributed by atoms with Crippen LogP contribution in [-0.4, -0.2) is 0 Å². The van der Waals surface area contributed by atoms with Crippen LogP contribution in [0.5, 0.6) is 0 Å². The monoisotopic (exact) mass is 1030 g/mol. The second-order valence-corrected chi connectivity index (χ2v) is 20.9. The second kappa shape index (κ2) is 21.0. The molecule has 0 saturated carbocycles. The Morgan fingerprint density at radius 2 is 0.605 bits per heavy atom. The predicted molar refractivity (Wildman–Crippen MR) is 350 cm³/mol. The van der Waals surface area contributed by atoms with Crippen LogP contribution in [0.25, 0.3) is 104 Å². The minimum atomic E-state index is 0.958. The van der Waals surface area contributed by atoms with Gasteiger partial charge in [0.1, 0.15) is 0 Å². The molecule has 2 nitrogen and oxygen atoms in total. The average Bonchev–Trinajstić information content (AvgIpc) is 3.68. The Labute approximate surface area is 473 Å². The Morgan fingerprint density at radius 3 is 1.00 bits per heavy atom. The molecular formula is C79H56N2. The van der Waals surface area contributed by atoms with Gasteiger partial charge in [0.25, 0.3) is 0 Å². The standard InChI is InChI=1S/C79H56N2/c1-3-4-6-17-54(2)55-28-32-62(33-29-55)78-74-46-44-73(81(70-42-38-59-22-11-15-26-66(59)50-70)71-43-39-60-23-12-16-27-67(60)51-71)53-77(74)79(63-34-30-61(31-35-63)56-18-7-5-8-19-56)75-47-45-72(52-76(75)78)80(68-40-36-57-20-9-13-24-64(57)48-68)69-41-37-58-21-10-14-25-65(58)49-69/h3-53H,2H2,1H3/b4-3-,17-6-. The SMILES string of the molecule is C=C(/C=C\C=C/C)c1ccc(-c2c3ccc(N(c4ccc5ccccc5c4)c4ccc5ccccc5c4)cc3c(-c3ccc(-c4ccccc4)cc3)c3ccc(N(c4ccc5ccccc5c4)c4ccc5ccccc5c4)cc23)cc1. The van der Waals surface area contributed by atoms with Crippen LogP contribution in [0.4, 0.5) is 34.1 Å². The van der Waals surface area contributed by atoms with Gasteiger partial charge in [0.15, 0.2) is 0 Å². The quantitative estimate of drug-likeness (QED) is 0.0889. The number of rotatable bonds is 12. The van der Waals surface area contributed by atoms with E-state index in [2.05, 4.69) is 314 Å². The van der Waals surface area contributed by atoms with Gasteiger partial charge in [-0.05, 0) is 189 Å². The first-order valence-electron chi connectivity index (χ1n) is 27.9. The highest BCUT2D eigenvalue weighted by Gasteiger charge is 2.23. The van der Waals surface area contributed by atoms with E-state index in [1.54, 1.807) is 0 Å². The van der Waals surface area contributed by atoms with Crippen LogP contribution in [0.3, 0.4) is 0 Å². The zero-order valence-corrected chi connectivity index (χ0v) is 45.0. The summed E-state index contributed by atoms with van der Waals surface area (Å²) < 4.78 is 0. The maximum atomic E-state index is 4.47. The van der Waals surface area contributed by atoms with E-state index >= 15 is 0 Å². The van der Waals surface area contributed by atoms with Crippen LogP contribution in [0.2, 0.25) is 0 Å². The molecule has 0 aliphatic rings. The second-order valence-electron chi connectivity index (χ2n) is 20.9. The lowest BCUT2D eigenvalue weighted by molar-refractivity contribution is 1.30. The highest BCUT2D eigenvalue weighted by molar-refractivity contribution is 6.23. The molecule has 0 fully saturated rings. The fourth-order valence-electron chi connectivity index (χ4n) is 12.0. The number of fused-ring (bicyclic) bond motifs is 6. The molecule has 0 heterocycles. The Hall–Kier alpha value is -10.5. The fraction of sp³-hybridized carbons (Fsp3) is 0.0127. The van der Waals surface area contributed by atoms with Crippen molar-refractivity contribution in [3.05, 3.63) is 322 Å². The van der Waals surface area contributed by atoms with Gasteiger partial charge in [0, 0.05) is 34.1 Å². The van der Waals surface area contributed by atoms with E-state index in [9.17, 15) is 0 Å². The third-order valence-electron chi connectivity index (χ3n) is 16.0. The van der Waals surface area contributed by atoms with Crippen molar-refractivity contribution >= 4 is 104 Å². The molecule has 0 aliphatic heterocycles. The van der Waals surface area contributed by atoms with Gasteiger partial charge >= 0.3 is 0 Å². The Balaban J connectivity index is 1.06. The summed E-state index contributed by atoms with van der Waals surface area (Å²) >= 11 is 0. The van der Waals surface area contributed by atoms with Crippen LogP contribution >= 0.6 is 0 Å². The lowest BCUT2D eigenvalue weighted by Gasteiger charge is -2.29. The van der Waals surface area contributed by atoms with Gasteiger partial charge in [0.05, 0.1) is 0 Å². The van der Waals surface area contributed by atoms with Gasteiger partial charge in [-0.2, -0.15) is 0 Å². The maximum absolute atomic E-state index is 4.47. The minimum Gasteiger partial charge on any atom is -0.310 e. The summed E-state index contributed by atoms with van der Waals surface area (Å²) in [7, 11) is 0. The van der Waals surface area contributed by atoms with E-state index in [0.717, 1.165) is 77.9 Å². The van der Waals surface area contributed by atoms with Crippen molar-refractivity contribution in [1.82, 2.24) is 0 Å². The third kappa shape index (κ3) is 9.29. The van der Waals surface area contributed by atoms with E-state index in [1.165, 1.54) is 65.3 Å². The highest BCUT2D eigenvalue weighted by atomic mass is 15.1. The predicted octanol–water partition coefficient (Wildman–Crippen LogP) is 22.7. The lowest BCUT2D eigenvalue weighted by Crippen LogP contribution is -2.10. The molecule has 81 heavy (non-hydrogen) atoms. The van der Waals surface area contributed by atoms with Gasteiger partial charge in [0.2, 0.25) is 0 Å². The number of anilines is 6. The molecule has 0 aromatic heterocycles. The first-order chi connectivity index (χ1) is 40.0. The number of allylic oxidation sites excluding steroid dienone is 5. The Morgan fingerprint density at radius 1 is 0.284 bits per heavy atom. The topological polar surface area (TPSA) is 6.48 Å². The van der Waals surface area contributed by atoms with Crippen molar-refractivity contribution in [2.75, 3.05) is 9.80 Å². The van der Waals surface area contributed by atoms with Gasteiger partial charge in [-0.3, -0.25) is 0 Å². The zero-order chi connectivity index (χ0) is 54.2. The highest BCUT2D eigenvalue weighted by Crippen LogP contribution is 2.49. The molecule has 382 valence electrons. The molecule has 0 radical (unpaired) electrons. The van der Waals surface area contributed by atoms with Crippen LogP contribution in [0, 0.1) is 0 Å². The molecule has 14 rings (SSSR count). The normalized spacial score (nSPS) is 11.7. The average molecular weight is 1030 g/mol. The van der Waals surface area contributed by atoms with Crippen molar-refractivity contribution in [3.63, 3.8) is 0 Å². The molecule has 0 aliphatic carbocycles. The Kier molecular flexibility index (Phi) is 12.7. The van der Waals surface area contributed by atoms with Gasteiger partial charge < -0.3 is 9.80 Å². The fourth-order valence-corrected chi connectivity index (χ4v) is 12.0. The Bertz CT molecular complexity index is 4620. The molecule has 0 unspecified atom stereocenters. The molecule has 0 amide bonds. The lowest BCUT2D eigenvalue weighted by atomic mass is 9.84. The van der Waals surface area contributed by atoms with Crippen LogP contribution in [0.1, 0.15) is 12.5 Å². The summed E-state index contributed by atoms with van der Waals surface area (Å²) in [5.74, 6) is 0. The van der Waals surface area contributed by atoms with Crippen molar-refractivity contribution in [2.24, 2.45) is 0 Å². The van der Waals surface area contributed by atoms with E-state index in [1.807, 2.05) is 19.1 Å². The molecule has 0 N–H and O–H groups in total. The molecule has 2 heteroatoms. The van der Waals surface area contributed by atoms with E-state index in [-0.39, 0.29) is 0 Å². The van der Waals surface area contributed by atoms with Gasteiger partial charge in [-0.1, -0.05) is 243 Å². The van der Waals surface area contributed by atoms with Crippen molar-refractivity contribution < 1.29 is 0 Å². The minimum absolute atomic E-state index is 0.958. The molecule has 0 saturated heterocycles.